The lowest BCUT2D eigenvalue weighted by Crippen LogP contribution is -2.30. The Kier molecular flexibility index (Phi) is 4.00. The van der Waals surface area contributed by atoms with Crippen LogP contribution in [0.1, 0.15) is 17.2 Å². The number of rotatable bonds is 3. The van der Waals surface area contributed by atoms with Crippen molar-refractivity contribution in [1.82, 2.24) is 10.4 Å². The molecule has 3 nitrogen and oxygen atoms in total. The van der Waals surface area contributed by atoms with Crippen LogP contribution in [0.5, 0.6) is 0 Å². The smallest absolute Gasteiger partial charge is 0.145 e. The van der Waals surface area contributed by atoms with Crippen molar-refractivity contribution in [2.75, 3.05) is 0 Å². The normalized spacial score (nSPS) is 12.4. The molecule has 18 heavy (non-hydrogen) atoms. The molecule has 2 aromatic rings. The Morgan fingerprint density at radius 2 is 2.06 bits per heavy atom. The van der Waals surface area contributed by atoms with Gasteiger partial charge in [0.05, 0.1) is 10.5 Å². The number of benzene rings is 1. The molecule has 1 aromatic carbocycles. The summed E-state index contributed by atoms with van der Waals surface area (Å²) in [6.45, 7) is 0. The van der Waals surface area contributed by atoms with E-state index < -0.39 is 17.7 Å². The van der Waals surface area contributed by atoms with E-state index >= 15 is 0 Å². The number of aromatic nitrogens is 1. The summed E-state index contributed by atoms with van der Waals surface area (Å²) in [6.07, 6.45) is 3.08. The molecule has 0 aliphatic heterocycles. The topological polar surface area (TPSA) is 50.9 Å². The lowest BCUT2D eigenvalue weighted by atomic mass is 10.00. The fourth-order valence-corrected chi connectivity index (χ4v) is 2.05. The molecule has 3 N–H and O–H groups in total. The predicted octanol–water partition coefficient (Wildman–Crippen LogP) is 2.68. The van der Waals surface area contributed by atoms with Gasteiger partial charge in [-0.3, -0.25) is 10.8 Å². The van der Waals surface area contributed by atoms with Gasteiger partial charge in [0.25, 0.3) is 0 Å². The third-order valence-electron chi connectivity index (χ3n) is 2.55. The second kappa shape index (κ2) is 5.51. The molecule has 1 aromatic heterocycles. The van der Waals surface area contributed by atoms with E-state index in [1.165, 1.54) is 18.3 Å². The largest absolute Gasteiger partial charge is 0.271 e. The van der Waals surface area contributed by atoms with Gasteiger partial charge in [0.1, 0.15) is 11.6 Å². The number of nitrogens with zero attached hydrogens (tertiary/aromatic N) is 1. The average Bonchev–Trinajstić information content (AvgIpc) is 2.40. The number of nitrogens with one attached hydrogen (secondary N) is 1. The van der Waals surface area contributed by atoms with E-state index in [1.54, 1.807) is 18.3 Å². The van der Waals surface area contributed by atoms with Crippen LogP contribution in [0.3, 0.4) is 0 Å². The van der Waals surface area contributed by atoms with Crippen molar-refractivity contribution >= 4 is 15.9 Å². The zero-order chi connectivity index (χ0) is 13.1. The molecule has 0 spiro atoms. The summed E-state index contributed by atoms with van der Waals surface area (Å²) in [5, 5.41) is 0. The summed E-state index contributed by atoms with van der Waals surface area (Å²) in [6, 6.07) is 5.06. The fraction of sp³-hybridized carbons (Fsp3) is 0.0833. The molecular formula is C12H10BrF2N3. The van der Waals surface area contributed by atoms with E-state index in [9.17, 15) is 8.78 Å². The van der Waals surface area contributed by atoms with Crippen LogP contribution >= 0.6 is 15.9 Å². The highest BCUT2D eigenvalue weighted by molar-refractivity contribution is 9.10. The first-order chi connectivity index (χ1) is 8.65. The van der Waals surface area contributed by atoms with Crippen LogP contribution in [0.4, 0.5) is 8.78 Å². The van der Waals surface area contributed by atoms with Gasteiger partial charge >= 0.3 is 0 Å². The third-order valence-corrected chi connectivity index (χ3v) is 3.16. The van der Waals surface area contributed by atoms with Gasteiger partial charge in [-0.1, -0.05) is 6.07 Å². The van der Waals surface area contributed by atoms with Crippen LogP contribution in [0.2, 0.25) is 0 Å². The Balaban J connectivity index is 2.56. The van der Waals surface area contributed by atoms with E-state index in [1.807, 2.05) is 0 Å². The molecule has 94 valence electrons. The Labute approximate surface area is 111 Å². The Hall–Kier alpha value is -1.37. The van der Waals surface area contributed by atoms with E-state index in [-0.39, 0.29) is 10.0 Å². The summed E-state index contributed by atoms with van der Waals surface area (Å²) in [4.78, 5) is 3.91. The zero-order valence-electron chi connectivity index (χ0n) is 9.20. The van der Waals surface area contributed by atoms with Crippen molar-refractivity contribution in [3.63, 3.8) is 0 Å². The first-order valence-corrected chi connectivity index (χ1v) is 5.94. The number of nitrogens with two attached hydrogens (primary N) is 1. The monoisotopic (exact) mass is 313 g/mol. The quantitative estimate of drug-likeness (QED) is 0.520. The van der Waals surface area contributed by atoms with Crippen molar-refractivity contribution in [2.24, 2.45) is 5.84 Å². The molecule has 0 aliphatic carbocycles. The third kappa shape index (κ3) is 2.40. The highest BCUT2D eigenvalue weighted by Gasteiger charge is 2.22. The van der Waals surface area contributed by atoms with Gasteiger partial charge in [-0.2, -0.15) is 0 Å². The number of hydrogen-bond donors (Lipinski definition) is 2. The lowest BCUT2D eigenvalue weighted by Gasteiger charge is -2.18. The SMILES string of the molecule is NNC(c1cccnc1)c1c(F)ccc(Br)c1F. The summed E-state index contributed by atoms with van der Waals surface area (Å²) in [5.41, 5.74) is 2.84. The molecule has 1 atom stereocenters. The number of hydrogen-bond acceptors (Lipinski definition) is 3. The van der Waals surface area contributed by atoms with Crippen LogP contribution in [-0.4, -0.2) is 4.98 Å². The molecule has 0 aliphatic rings. The maximum Gasteiger partial charge on any atom is 0.145 e. The molecule has 6 heteroatoms. The lowest BCUT2D eigenvalue weighted by molar-refractivity contribution is 0.507. The first kappa shape index (κ1) is 13.1. The van der Waals surface area contributed by atoms with Gasteiger partial charge in [0.15, 0.2) is 0 Å². The second-order valence-electron chi connectivity index (χ2n) is 3.64. The Morgan fingerprint density at radius 3 is 2.67 bits per heavy atom. The van der Waals surface area contributed by atoms with Crippen LogP contribution in [0, 0.1) is 11.6 Å². The van der Waals surface area contributed by atoms with Crippen molar-refractivity contribution in [3.05, 3.63) is 63.9 Å². The maximum atomic E-state index is 14.0. The van der Waals surface area contributed by atoms with Crippen LogP contribution in [-0.2, 0) is 0 Å². The minimum absolute atomic E-state index is 0.139. The van der Waals surface area contributed by atoms with Gasteiger partial charge in [-0.05, 0) is 39.7 Å². The maximum absolute atomic E-state index is 14.0. The first-order valence-electron chi connectivity index (χ1n) is 5.14. The summed E-state index contributed by atoms with van der Waals surface area (Å²) < 4.78 is 27.9. The van der Waals surface area contributed by atoms with E-state index in [4.69, 9.17) is 5.84 Å². The fourth-order valence-electron chi connectivity index (χ4n) is 1.70. The van der Waals surface area contributed by atoms with Gasteiger partial charge < -0.3 is 0 Å². The Morgan fingerprint density at radius 1 is 1.28 bits per heavy atom. The zero-order valence-corrected chi connectivity index (χ0v) is 10.8. The predicted molar refractivity (Wildman–Crippen MR) is 67.5 cm³/mol. The molecule has 1 unspecified atom stereocenters. The van der Waals surface area contributed by atoms with Crippen molar-refractivity contribution in [2.45, 2.75) is 6.04 Å². The second-order valence-corrected chi connectivity index (χ2v) is 4.50. The van der Waals surface area contributed by atoms with Crippen molar-refractivity contribution < 1.29 is 8.78 Å². The van der Waals surface area contributed by atoms with E-state index in [2.05, 4.69) is 26.3 Å². The van der Waals surface area contributed by atoms with E-state index in [0.717, 1.165) is 0 Å². The molecule has 0 bridgehead atoms. The number of halogens is 3. The molecule has 0 amide bonds. The summed E-state index contributed by atoms with van der Waals surface area (Å²) in [5.74, 6) is 4.06. The minimum Gasteiger partial charge on any atom is -0.271 e. The number of hydrazine groups is 1. The standard InChI is InChI=1S/C12H10BrF2N3/c13-8-3-4-9(14)10(11(8)15)12(18-16)7-2-1-5-17-6-7/h1-6,12,18H,16H2. The summed E-state index contributed by atoms with van der Waals surface area (Å²) >= 11 is 3.02. The molecule has 1 heterocycles. The molecule has 0 radical (unpaired) electrons. The van der Waals surface area contributed by atoms with Crippen LogP contribution in [0.15, 0.2) is 41.1 Å². The number of pyridine rings is 1. The molecule has 2 rings (SSSR count). The average molecular weight is 314 g/mol. The molecule has 0 saturated heterocycles. The highest BCUT2D eigenvalue weighted by atomic mass is 79.9. The van der Waals surface area contributed by atoms with Crippen LogP contribution in [0.25, 0.3) is 0 Å². The molecule has 0 fully saturated rings. The minimum atomic E-state index is -0.795. The van der Waals surface area contributed by atoms with Gasteiger partial charge in [-0.25, -0.2) is 14.2 Å². The molecular weight excluding hydrogens is 304 g/mol. The molecule has 0 saturated carbocycles. The van der Waals surface area contributed by atoms with Crippen molar-refractivity contribution in [3.8, 4) is 0 Å². The van der Waals surface area contributed by atoms with Crippen LogP contribution < -0.4 is 11.3 Å². The van der Waals surface area contributed by atoms with Gasteiger partial charge in [0, 0.05) is 18.0 Å². The highest BCUT2D eigenvalue weighted by Crippen LogP contribution is 2.29. The van der Waals surface area contributed by atoms with Crippen molar-refractivity contribution in [1.29, 1.82) is 0 Å². The van der Waals surface area contributed by atoms with E-state index in [0.29, 0.717) is 5.56 Å². The Bertz CT molecular complexity index is 549. The van der Waals surface area contributed by atoms with Gasteiger partial charge in [-0.15, -0.1) is 0 Å². The van der Waals surface area contributed by atoms with Gasteiger partial charge in [0.2, 0.25) is 0 Å². The summed E-state index contributed by atoms with van der Waals surface area (Å²) in [7, 11) is 0.